The number of carbonyl (C=O) groups is 2. The first-order valence-corrected chi connectivity index (χ1v) is 10.5. The van der Waals surface area contributed by atoms with E-state index in [0.717, 1.165) is 29.8 Å². The molecule has 3 rings (SSSR count). The van der Waals surface area contributed by atoms with E-state index >= 15 is 0 Å². The maximum Gasteiger partial charge on any atom is 0.224 e. The Labute approximate surface area is 169 Å². The SMILES string of the molecule is COc1cccc(CN2C[C@@H](C(=O)NCCCc3scnc3C)CCC2=O)c1. The molecule has 1 aliphatic heterocycles. The molecule has 1 aromatic heterocycles. The number of benzene rings is 1. The van der Waals surface area contributed by atoms with Crippen molar-refractivity contribution in [2.75, 3.05) is 20.2 Å². The summed E-state index contributed by atoms with van der Waals surface area (Å²) in [7, 11) is 1.63. The minimum atomic E-state index is -0.145. The lowest BCUT2D eigenvalue weighted by atomic mass is 9.96. The van der Waals surface area contributed by atoms with Crippen LogP contribution in [0.5, 0.6) is 5.75 Å². The van der Waals surface area contributed by atoms with Crippen molar-refractivity contribution < 1.29 is 14.3 Å². The number of ether oxygens (including phenoxy) is 1. The van der Waals surface area contributed by atoms with Crippen molar-refractivity contribution in [3.63, 3.8) is 0 Å². The Morgan fingerprint density at radius 2 is 2.29 bits per heavy atom. The number of carbonyl (C=O) groups excluding carboxylic acids is 2. The Hall–Kier alpha value is -2.41. The number of nitrogens with one attached hydrogen (secondary N) is 1. The fourth-order valence-electron chi connectivity index (χ4n) is 3.44. The highest BCUT2D eigenvalue weighted by Crippen LogP contribution is 2.22. The van der Waals surface area contributed by atoms with E-state index in [-0.39, 0.29) is 17.7 Å². The van der Waals surface area contributed by atoms with E-state index in [4.69, 9.17) is 4.74 Å². The summed E-state index contributed by atoms with van der Waals surface area (Å²) in [5, 5.41) is 3.04. The number of thiazole rings is 1. The molecule has 150 valence electrons. The fraction of sp³-hybridized carbons (Fsp3) is 0.476. The van der Waals surface area contributed by atoms with Gasteiger partial charge in [0.1, 0.15) is 5.75 Å². The van der Waals surface area contributed by atoms with Gasteiger partial charge in [-0.25, -0.2) is 4.98 Å². The minimum absolute atomic E-state index is 0.0455. The third-order valence-electron chi connectivity index (χ3n) is 5.10. The summed E-state index contributed by atoms with van der Waals surface area (Å²) < 4.78 is 5.25. The number of methoxy groups -OCH3 is 1. The molecule has 1 N–H and O–H groups in total. The van der Waals surface area contributed by atoms with Crippen LogP contribution in [0.2, 0.25) is 0 Å². The van der Waals surface area contributed by atoms with Gasteiger partial charge in [-0.05, 0) is 43.9 Å². The third kappa shape index (κ3) is 5.32. The number of hydrogen-bond acceptors (Lipinski definition) is 5. The van der Waals surface area contributed by atoms with Gasteiger partial charge in [0, 0.05) is 30.9 Å². The number of rotatable bonds is 8. The fourth-order valence-corrected chi connectivity index (χ4v) is 4.27. The van der Waals surface area contributed by atoms with E-state index < -0.39 is 0 Å². The second kappa shape index (κ2) is 9.68. The predicted octanol–water partition coefficient (Wildman–Crippen LogP) is 2.95. The number of aryl methyl sites for hydroxylation is 2. The topological polar surface area (TPSA) is 71.5 Å². The van der Waals surface area contributed by atoms with Crippen LogP contribution >= 0.6 is 11.3 Å². The van der Waals surface area contributed by atoms with Gasteiger partial charge in [0.2, 0.25) is 11.8 Å². The van der Waals surface area contributed by atoms with Crippen molar-refractivity contribution in [3.05, 3.63) is 45.9 Å². The maximum atomic E-state index is 12.6. The molecule has 2 aromatic rings. The van der Waals surface area contributed by atoms with E-state index in [1.165, 1.54) is 4.88 Å². The molecule has 28 heavy (non-hydrogen) atoms. The summed E-state index contributed by atoms with van der Waals surface area (Å²) in [5.41, 5.74) is 3.95. The van der Waals surface area contributed by atoms with Crippen molar-refractivity contribution in [1.29, 1.82) is 0 Å². The van der Waals surface area contributed by atoms with Crippen LogP contribution in [0.3, 0.4) is 0 Å². The van der Waals surface area contributed by atoms with Gasteiger partial charge in [-0.15, -0.1) is 11.3 Å². The molecule has 2 heterocycles. The molecule has 1 saturated heterocycles. The molecule has 0 bridgehead atoms. The highest BCUT2D eigenvalue weighted by Gasteiger charge is 2.30. The standard InChI is InChI=1S/C21H27N3O3S/c1-15-19(28-14-23-15)7-4-10-22-21(26)17-8-9-20(25)24(13-17)12-16-5-3-6-18(11-16)27-2/h3,5-6,11,14,17H,4,7-10,12-13H2,1-2H3,(H,22,26)/t17-/m0/s1. The van der Waals surface area contributed by atoms with Gasteiger partial charge in [0.05, 0.1) is 24.2 Å². The van der Waals surface area contributed by atoms with Gasteiger partial charge in [-0.1, -0.05) is 12.1 Å². The largest absolute Gasteiger partial charge is 0.497 e. The molecule has 0 unspecified atom stereocenters. The van der Waals surface area contributed by atoms with Gasteiger partial charge in [0.25, 0.3) is 0 Å². The van der Waals surface area contributed by atoms with Crippen molar-refractivity contribution in [1.82, 2.24) is 15.2 Å². The summed E-state index contributed by atoms with van der Waals surface area (Å²) >= 11 is 1.66. The zero-order valence-corrected chi connectivity index (χ0v) is 17.3. The van der Waals surface area contributed by atoms with E-state index in [9.17, 15) is 9.59 Å². The maximum absolute atomic E-state index is 12.6. The summed E-state index contributed by atoms with van der Waals surface area (Å²) in [4.78, 5) is 32.2. The summed E-state index contributed by atoms with van der Waals surface area (Å²) in [5.74, 6) is 0.776. The van der Waals surface area contributed by atoms with E-state index in [0.29, 0.717) is 32.5 Å². The average Bonchev–Trinajstić information content (AvgIpc) is 3.11. The van der Waals surface area contributed by atoms with E-state index in [2.05, 4.69) is 10.3 Å². The number of amides is 2. The second-order valence-corrected chi connectivity index (χ2v) is 8.06. The average molecular weight is 402 g/mol. The highest BCUT2D eigenvalue weighted by molar-refractivity contribution is 7.09. The van der Waals surface area contributed by atoms with Gasteiger partial charge < -0.3 is 15.0 Å². The molecule has 0 radical (unpaired) electrons. The van der Waals surface area contributed by atoms with Gasteiger partial charge in [-0.3, -0.25) is 9.59 Å². The lowest BCUT2D eigenvalue weighted by Crippen LogP contribution is -2.45. The summed E-state index contributed by atoms with van der Waals surface area (Å²) in [6.45, 7) is 3.64. The Kier molecular flexibility index (Phi) is 7.03. The quantitative estimate of drug-likeness (QED) is 0.691. The molecule has 1 aliphatic rings. The molecule has 1 atom stereocenters. The van der Waals surface area contributed by atoms with Crippen molar-refractivity contribution in [2.45, 2.75) is 39.2 Å². The number of hydrogen-bond donors (Lipinski definition) is 1. The first-order chi connectivity index (χ1) is 13.6. The molecule has 0 spiro atoms. The molecular weight excluding hydrogens is 374 g/mol. The summed E-state index contributed by atoms with van der Waals surface area (Å²) in [6, 6.07) is 7.70. The molecule has 1 fully saturated rings. The van der Waals surface area contributed by atoms with E-state index in [1.54, 1.807) is 23.3 Å². The van der Waals surface area contributed by atoms with Crippen LogP contribution in [0.1, 0.15) is 35.4 Å². The second-order valence-electron chi connectivity index (χ2n) is 7.12. The Morgan fingerprint density at radius 1 is 1.43 bits per heavy atom. The van der Waals surface area contributed by atoms with Crippen molar-refractivity contribution in [2.24, 2.45) is 5.92 Å². The third-order valence-corrected chi connectivity index (χ3v) is 6.10. The molecular formula is C21H27N3O3S. The monoisotopic (exact) mass is 401 g/mol. The molecule has 0 aliphatic carbocycles. The van der Waals surface area contributed by atoms with Crippen LogP contribution in [0, 0.1) is 12.8 Å². The molecule has 7 heteroatoms. The van der Waals surface area contributed by atoms with Crippen molar-refractivity contribution in [3.8, 4) is 5.75 Å². The van der Waals surface area contributed by atoms with Gasteiger partial charge in [-0.2, -0.15) is 0 Å². The van der Waals surface area contributed by atoms with E-state index in [1.807, 2.05) is 36.7 Å². The molecule has 1 aromatic carbocycles. The molecule has 2 amide bonds. The Bertz CT molecular complexity index is 821. The number of nitrogens with zero attached hydrogens (tertiary/aromatic N) is 2. The van der Waals surface area contributed by atoms with Crippen LogP contribution in [0.15, 0.2) is 29.8 Å². The summed E-state index contributed by atoms with van der Waals surface area (Å²) in [6.07, 6.45) is 2.87. The van der Waals surface area contributed by atoms with Crippen LogP contribution in [0.25, 0.3) is 0 Å². The van der Waals surface area contributed by atoms with Crippen LogP contribution in [-0.2, 0) is 22.6 Å². The molecule has 0 saturated carbocycles. The number of aromatic nitrogens is 1. The lowest BCUT2D eigenvalue weighted by molar-refractivity contribution is -0.138. The number of piperidine rings is 1. The van der Waals surface area contributed by atoms with Crippen LogP contribution in [0.4, 0.5) is 0 Å². The minimum Gasteiger partial charge on any atom is -0.497 e. The Morgan fingerprint density at radius 3 is 3.04 bits per heavy atom. The molecule has 6 nitrogen and oxygen atoms in total. The van der Waals surface area contributed by atoms with Gasteiger partial charge >= 0.3 is 0 Å². The number of likely N-dealkylation sites (tertiary alicyclic amines) is 1. The normalized spacial score (nSPS) is 16.9. The van der Waals surface area contributed by atoms with Gasteiger partial charge in [0.15, 0.2) is 0 Å². The zero-order valence-electron chi connectivity index (χ0n) is 16.4. The first-order valence-electron chi connectivity index (χ1n) is 9.64. The van der Waals surface area contributed by atoms with Crippen LogP contribution in [-0.4, -0.2) is 41.9 Å². The highest BCUT2D eigenvalue weighted by atomic mass is 32.1. The Balaban J connectivity index is 1.48. The first kappa shape index (κ1) is 20.3. The zero-order chi connectivity index (χ0) is 19.9. The smallest absolute Gasteiger partial charge is 0.224 e. The van der Waals surface area contributed by atoms with Crippen molar-refractivity contribution >= 4 is 23.2 Å². The van der Waals surface area contributed by atoms with Crippen LogP contribution < -0.4 is 10.1 Å². The predicted molar refractivity (Wildman–Crippen MR) is 109 cm³/mol. The lowest BCUT2D eigenvalue weighted by Gasteiger charge is -2.32.